The van der Waals surface area contributed by atoms with Gasteiger partial charge in [0.1, 0.15) is 0 Å². The maximum Gasteiger partial charge on any atom is -0.0152 e. The smallest absolute Gasteiger partial charge is 0.0152 e. The van der Waals surface area contributed by atoms with E-state index in [9.17, 15) is 0 Å². The quantitative estimate of drug-likeness (QED) is 0.417. The molecule has 4 fully saturated rings. The summed E-state index contributed by atoms with van der Waals surface area (Å²) in [5.41, 5.74) is 3.24. The maximum absolute atomic E-state index is 4.43. The molecule has 7 atom stereocenters. The lowest BCUT2D eigenvalue weighted by Crippen LogP contribution is -2.55. The summed E-state index contributed by atoms with van der Waals surface area (Å²) in [6, 6.07) is 0. The summed E-state index contributed by atoms with van der Waals surface area (Å²) in [5.74, 6) is 4.80. The van der Waals surface area contributed by atoms with Gasteiger partial charge in [-0.15, -0.1) is 0 Å². The molecule has 0 spiro atoms. The Morgan fingerprint density at radius 3 is 2.19 bits per heavy atom. The van der Waals surface area contributed by atoms with Crippen molar-refractivity contribution in [2.24, 2.45) is 45.8 Å². The van der Waals surface area contributed by atoms with Crippen LogP contribution in [0.4, 0.5) is 0 Å². The van der Waals surface area contributed by atoms with Crippen molar-refractivity contribution in [2.75, 3.05) is 0 Å². The highest BCUT2D eigenvalue weighted by Crippen LogP contribution is 2.67. The Bertz CT molecular complexity index is 556. The molecule has 0 aromatic heterocycles. The molecule has 0 nitrogen and oxygen atoms in total. The van der Waals surface area contributed by atoms with Crippen molar-refractivity contribution in [3.63, 3.8) is 0 Å². The molecular weight excluding hydrogens is 312 g/mol. The van der Waals surface area contributed by atoms with Crippen LogP contribution >= 0.6 is 0 Å². The summed E-state index contributed by atoms with van der Waals surface area (Å²) >= 11 is 0. The zero-order valence-corrected chi connectivity index (χ0v) is 18.4. The van der Waals surface area contributed by atoms with Crippen LogP contribution in [0.25, 0.3) is 0 Å². The SMILES string of the molecule is C=C(C)C1CCCC2C3CCC4CCC(C)(C)CCC4(C)C3CCC12C. The largest absolute Gasteiger partial charge is 0.0998 e. The Hall–Kier alpha value is -0.260. The third-order valence-corrected chi connectivity index (χ3v) is 10.4. The van der Waals surface area contributed by atoms with E-state index in [4.69, 9.17) is 0 Å². The molecule has 0 N–H and O–H groups in total. The molecule has 0 aromatic rings. The Morgan fingerprint density at radius 2 is 1.46 bits per heavy atom. The molecule has 26 heavy (non-hydrogen) atoms. The summed E-state index contributed by atoms with van der Waals surface area (Å²) in [6.07, 6.45) is 16.3. The molecule has 0 saturated heterocycles. The molecule has 4 aliphatic carbocycles. The third-order valence-electron chi connectivity index (χ3n) is 10.4. The van der Waals surface area contributed by atoms with Gasteiger partial charge in [0.25, 0.3) is 0 Å². The molecule has 0 bridgehead atoms. The van der Waals surface area contributed by atoms with E-state index in [1.807, 2.05) is 0 Å². The van der Waals surface area contributed by atoms with Crippen molar-refractivity contribution < 1.29 is 0 Å². The Kier molecular flexibility index (Phi) is 4.68. The van der Waals surface area contributed by atoms with Crippen molar-refractivity contribution in [2.45, 2.75) is 105 Å². The molecule has 0 heteroatoms. The van der Waals surface area contributed by atoms with Gasteiger partial charge in [0, 0.05) is 0 Å². The van der Waals surface area contributed by atoms with Crippen molar-refractivity contribution in [3.8, 4) is 0 Å². The Labute approximate surface area is 163 Å². The van der Waals surface area contributed by atoms with E-state index < -0.39 is 0 Å². The normalized spacial score (nSPS) is 50.7. The van der Waals surface area contributed by atoms with Gasteiger partial charge in [-0.1, -0.05) is 46.3 Å². The molecule has 0 radical (unpaired) electrons. The number of rotatable bonds is 1. The lowest BCUT2D eigenvalue weighted by Gasteiger charge is -2.63. The monoisotopic (exact) mass is 356 g/mol. The summed E-state index contributed by atoms with van der Waals surface area (Å²) in [4.78, 5) is 0. The van der Waals surface area contributed by atoms with Gasteiger partial charge in [0.2, 0.25) is 0 Å². The first-order chi connectivity index (χ1) is 12.2. The van der Waals surface area contributed by atoms with E-state index in [1.54, 1.807) is 0 Å². The van der Waals surface area contributed by atoms with Crippen molar-refractivity contribution >= 4 is 0 Å². The zero-order chi connectivity index (χ0) is 18.7. The van der Waals surface area contributed by atoms with Gasteiger partial charge in [-0.2, -0.15) is 0 Å². The Morgan fingerprint density at radius 1 is 0.731 bits per heavy atom. The number of hydrogen-bond donors (Lipinski definition) is 0. The van der Waals surface area contributed by atoms with Gasteiger partial charge < -0.3 is 0 Å². The average Bonchev–Trinajstić information content (AvgIpc) is 2.70. The first-order valence-corrected chi connectivity index (χ1v) is 11.8. The van der Waals surface area contributed by atoms with Gasteiger partial charge >= 0.3 is 0 Å². The van der Waals surface area contributed by atoms with E-state index in [2.05, 4.69) is 41.2 Å². The number of fused-ring (bicyclic) bond motifs is 5. The second-order valence-corrected chi connectivity index (χ2v) is 12.2. The van der Waals surface area contributed by atoms with Crippen LogP contribution in [0.15, 0.2) is 12.2 Å². The molecule has 0 aromatic carbocycles. The lowest BCUT2D eigenvalue weighted by atomic mass is 9.42. The van der Waals surface area contributed by atoms with Crippen LogP contribution in [0, 0.1) is 45.8 Å². The highest BCUT2D eigenvalue weighted by molar-refractivity contribution is 5.13. The third kappa shape index (κ3) is 2.84. The topological polar surface area (TPSA) is 0 Å². The minimum absolute atomic E-state index is 0.554. The summed E-state index contributed by atoms with van der Waals surface area (Å²) in [6.45, 7) is 17.2. The molecule has 148 valence electrons. The van der Waals surface area contributed by atoms with E-state index in [-0.39, 0.29) is 0 Å². The Balaban J connectivity index is 1.63. The second-order valence-electron chi connectivity index (χ2n) is 12.2. The van der Waals surface area contributed by atoms with Gasteiger partial charge in [-0.05, 0) is 117 Å². The van der Waals surface area contributed by atoms with Gasteiger partial charge in [-0.25, -0.2) is 0 Å². The fraction of sp³-hybridized carbons (Fsp3) is 0.923. The molecule has 0 amide bonds. The van der Waals surface area contributed by atoms with Gasteiger partial charge in [0.15, 0.2) is 0 Å². The van der Waals surface area contributed by atoms with E-state index in [0.717, 1.165) is 29.6 Å². The lowest BCUT2D eigenvalue weighted by molar-refractivity contribution is -0.126. The summed E-state index contributed by atoms with van der Waals surface area (Å²) in [7, 11) is 0. The first-order valence-electron chi connectivity index (χ1n) is 11.8. The van der Waals surface area contributed by atoms with Crippen LogP contribution in [-0.2, 0) is 0 Å². The number of allylic oxidation sites excluding steroid dienone is 1. The predicted octanol–water partition coefficient (Wildman–Crippen LogP) is 8.03. The molecule has 4 aliphatic rings. The van der Waals surface area contributed by atoms with Crippen LogP contribution < -0.4 is 0 Å². The van der Waals surface area contributed by atoms with Crippen LogP contribution in [0.2, 0.25) is 0 Å². The highest BCUT2D eigenvalue weighted by atomic mass is 14.6. The van der Waals surface area contributed by atoms with E-state index in [1.165, 1.54) is 76.2 Å². The standard InChI is InChI=1S/C26H44/c1-18(2)21-8-7-9-22-20-11-10-19-12-14-24(3,4)16-17-25(19,5)23(20)13-15-26(21,22)6/h19-23H,1,7-17H2,2-6H3. The van der Waals surface area contributed by atoms with E-state index in [0.29, 0.717) is 16.2 Å². The minimum Gasteiger partial charge on any atom is -0.0998 e. The average molecular weight is 357 g/mol. The summed E-state index contributed by atoms with van der Waals surface area (Å²) in [5, 5.41) is 0. The molecule has 4 saturated carbocycles. The number of hydrogen-bond acceptors (Lipinski definition) is 0. The minimum atomic E-state index is 0.554. The molecule has 7 unspecified atom stereocenters. The molecular formula is C26H44. The van der Waals surface area contributed by atoms with Crippen LogP contribution in [0.5, 0.6) is 0 Å². The van der Waals surface area contributed by atoms with Gasteiger partial charge in [-0.3, -0.25) is 0 Å². The molecule has 0 aliphatic heterocycles. The van der Waals surface area contributed by atoms with E-state index >= 15 is 0 Å². The van der Waals surface area contributed by atoms with Crippen LogP contribution in [-0.4, -0.2) is 0 Å². The zero-order valence-electron chi connectivity index (χ0n) is 18.4. The maximum atomic E-state index is 4.43. The fourth-order valence-corrected chi connectivity index (χ4v) is 8.70. The van der Waals surface area contributed by atoms with Crippen LogP contribution in [0.3, 0.4) is 0 Å². The summed E-state index contributed by atoms with van der Waals surface area (Å²) < 4.78 is 0. The predicted molar refractivity (Wildman–Crippen MR) is 113 cm³/mol. The van der Waals surface area contributed by atoms with Crippen molar-refractivity contribution in [3.05, 3.63) is 12.2 Å². The first kappa shape index (κ1) is 19.1. The molecule has 0 heterocycles. The second kappa shape index (κ2) is 6.38. The van der Waals surface area contributed by atoms with Gasteiger partial charge in [0.05, 0.1) is 0 Å². The highest BCUT2D eigenvalue weighted by Gasteiger charge is 2.58. The van der Waals surface area contributed by atoms with Crippen molar-refractivity contribution in [1.29, 1.82) is 0 Å². The molecule has 4 rings (SSSR count). The fourth-order valence-electron chi connectivity index (χ4n) is 8.70. The van der Waals surface area contributed by atoms with Crippen LogP contribution in [0.1, 0.15) is 105 Å². The van der Waals surface area contributed by atoms with Crippen molar-refractivity contribution in [1.82, 2.24) is 0 Å².